The Morgan fingerprint density at radius 2 is 1.52 bits per heavy atom. The van der Waals surface area contributed by atoms with Crippen LogP contribution in [0.4, 0.5) is 35.1 Å². The van der Waals surface area contributed by atoms with Crippen molar-refractivity contribution in [3.8, 4) is 11.5 Å². The summed E-state index contributed by atoms with van der Waals surface area (Å²) in [7, 11) is 0.870. The van der Waals surface area contributed by atoms with Gasteiger partial charge in [0.2, 0.25) is 0 Å². The van der Waals surface area contributed by atoms with E-state index in [0.29, 0.717) is 18.2 Å². The second-order valence-electron chi connectivity index (χ2n) is 4.05. The van der Waals surface area contributed by atoms with Gasteiger partial charge in [-0.15, -0.1) is 25.6 Å². The second kappa shape index (κ2) is 6.95. The Morgan fingerprint density at radius 1 is 1.00 bits per heavy atom. The summed E-state index contributed by atoms with van der Waals surface area (Å²) in [6, 6.07) is -1.25. The van der Waals surface area contributed by atoms with Gasteiger partial charge in [-0.2, -0.15) is 22.0 Å². The molecular weight excluding hydrogens is 366 g/mol. The smallest absolute Gasteiger partial charge is 0.496 e. The molecule has 2 N–H and O–H groups in total. The lowest BCUT2D eigenvalue weighted by molar-refractivity contribution is -0.291. The molecule has 1 aromatic carbocycles. The second-order valence-corrected chi connectivity index (χ2v) is 4.05. The maximum atomic E-state index is 13.2. The van der Waals surface area contributed by atoms with Gasteiger partial charge in [0.25, 0.3) is 0 Å². The Hall–Kier alpha value is -1.49. The van der Waals surface area contributed by atoms with Crippen molar-refractivity contribution in [1.82, 2.24) is 0 Å². The average molecular weight is 376 g/mol. The van der Waals surface area contributed by atoms with Crippen molar-refractivity contribution in [1.29, 1.82) is 0 Å². The van der Waals surface area contributed by atoms with Gasteiger partial charge in [-0.1, -0.05) is 0 Å². The molecule has 0 amide bonds. The molecule has 23 heavy (non-hydrogen) atoms. The molecule has 0 aliphatic carbocycles. The van der Waals surface area contributed by atoms with Crippen LogP contribution in [-0.4, -0.2) is 25.6 Å². The van der Waals surface area contributed by atoms with Crippen LogP contribution in [0.25, 0.3) is 0 Å². The van der Waals surface area contributed by atoms with Crippen LogP contribution in [0, 0.1) is 0 Å². The molecule has 1 aromatic rings. The first-order chi connectivity index (χ1) is 9.79. The highest BCUT2D eigenvalue weighted by molar-refractivity contribution is 5.85. The molecule has 0 spiro atoms. The largest absolute Gasteiger partial charge is 0.573 e. The van der Waals surface area contributed by atoms with Gasteiger partial charge in [-0.05, 0) is 12.1 Å². The van der Waals surface area contributed by atoms with Crippen LogP contribution >= 0.6 is 12.4 Å². The molecule has 12 heteroatoms. The fourth-order valence-electron chi connectivity index (χ4n) is 1.52. The predicted molar refractivity (Wildman–Crippen MR) is 64.9 cm³/mol. The minimum absolute atomic E-state index is 0. The molecule has 0 heterocycles. The molecule has 1 rings (SSSR count). The van der Waals surface area contributed by atoms with Crippen LogP contribution in [-0.2, 0) is 0 Å². The molecule has 1 atom stereocenters. The quantitative estimate of drug-likeness (QED) is 0.802. The van der Waals surface area contributed by atoms with Gasteiger partial charge >= 0.3 is 18.5 Å². The molecule has 0 aliphatic heterocycles. The van der Waals surface area contributed by atoms with Crippen LogP contribution in [0.5, 0.6) is 11.5 Å². The van der Waals surface area contributed by atoms with E-state index in [1.807, 2.05) is 0 Å². The minimum Gasteiger partial charge on any atom is -0.496 e. The molecule has 0 aliphatic rings. The third kappa shape index (κ3) is 4.99. The highest BCUT2D eigenvalue weighted by Crippen LogP contribution is 2.45. The first kappa shape index (κ1) is 21.5. The lowest BCUT2D eigenvalue weighted by atomic mass is 9.99. The lowest BCUT2D eigenvalue weighted by Crippen LogP contribution is -2.45. The van der Waals surface area contributed by atoms with Crippen LogP contribution in [0.2, 0.25) is 0 Å². The number of nitrogens with two attached hydrogens (primary N) is 1. The zero-order chi connectivity index (χ0) is 17.3. The van der Waals surface area contributed by atoms with Gasteiger partial charge < -0.3 is 15.2 Å². The van der Waals surface area contributed by atoms with E-state index in [9.17, 15) is 35.1 Å². The minimum atomic E-state index is -5.93. The van der Waals surface area contributed by atoms with Gasteiger partial charge in [0.05, 0.1) is 7.11 Å². The normalized spacial score (nSPS) is 14.0. The van der Waals surface area contributed by atoms with Crippen molar-refractivity contribution in [3.05, 3.63) is 23.8 Å². The van der Waals surface area contributed by atoms with Crippen molar-refractivity contribution in [3.63, 3.8) is 0 Å². The third-order valence-electron chi connectivity index (χ3n) is 2.54. The summed E-state index contributed by atoms with van der Waals surface area (Å²) in [5.74, 6) is -6.85. The molecule has 0 saturated heterocycles. The Balaban J connectivity index is 0.00000484. The fraction of sp³-hybridized carbons (Fsp3) is 0.455. The number of benzene rings is 1. The van der Waals surface area contributed by atoms with Gasteiger partial charge in [0.15, 0.2) is 0 Å². The van der Waals surface area contributed by atoms with E-state index < -0.39 is 41.6 Å². The molecular formula is C11H10ClF8NO2. The van der Waals surface area contributed by atoms with E-state index >= 15 is 0 Å². The summed E-state index contributed by atoms with van der Waals surface area (Å²) in [5, 5.41) is 0. The highest BCUT2D eigenvalue weighted by atomic mass is 35.5. The van der Waals surface area contributed by atoms with Crippen molar-refractivity contribution in [2.24, 2.45) is 5.73 Å². The predicted octanol–water partition coefficient (Wildman–Crippen LogP) is 4.21. The summed E-state index contributed by atoms with van der Waals surface area (Å²) in [5.41, 5.74) is 4.08. The van der Waals surface area contributed by atoms with Crippen molar-refractivity contribution < 1.29 is 44.6 Å². The standard InChI is InChI=1S/C11H9F8NO2.ClH/c1-21-7-4-5(22-11(17,18)19)2-3-6(7)8(20)9(12,13)10(14,15)16;/h2-4,8H,20H2,1H3;1H/t8-;/m1./s1. The fourth-order valence-corrected chi connectivity index (χ4v) is 1.52. The Morgan fingerprint density at radius 3 is 1.91 bits per heavy atom. The number of hydrogen-bond donors (Lipinski definition) is 1. The zero-order valence-electron chi connectivity index (χ0n) is 11.1. The molecule has 3 nitrogen and oxygen atoms in total. The van der Waals surface area contributed by atoms with E-state index in [0.717, 1.165) is 7.11 Å². The van der Waals surface area contributed by atoms with Gasteiger partial charge in [-0.3, -0.25) is 0 Å². The van der Waals surface area contributed by atoms with Gasteiger partial charge in [-0.25, -0.2) is 0 Å². The molecule has 0 fully saturated rings. The number of hydrogen-bond acceptors (Lipinski definition) is 3. The molecule has 0 bridgehead atoms. The van der Waals surface area contributed by atoms with Gasteiger partial charge in [0, 0.05) is 11.6 Å². The molecule has 0 aromatic heterocycles. The van der Waals surface area contributed by atoms with Crippen LogP contribution in [0.15, 0.2) is 18.2 Å². The summed E-state index contributed by atoms with van der Waals surface area (Å²) in [6.07, 6.45) is -11.0. The van der Waals surface area contributed by atoms with Crippen molar-refractivity contribution in [2.45, 2.75) is 24.5 Å². The topological polar surface area (TPSA) is 44.5 Å². The summed E-state index contributed by atoms with van der Waals surface area (Å²) >= 11 is 0. The number of methoxy groups -OCH3 is 1. The van der Waals surface area contributed by atoms with E-state index in [4.69, 9.17) is 5.73 Å². The Labute approximate surface area is 130 Å². The van der Waals surface area contributed by atoms with E-state index in [2.05, 4.69) is 9.47 Å². The first-order valence-corrected chi connectivity index (χ1v) is 5.43. The third-order valence-corrected chi connectivity index (χ3v) is 2.54. The monoisotopic (exact) mass is 375 g/mol. The lowest BCUT2D eigenvalue weighted by Gasteiger charge is -2.27. The van der Waals surface area contributed by atoms with E-state index in [1.165, 1.54) is 0 Å². The number of rotatable bonds is 4. The number of ether oxygens (including phenoxy) is 2. The maximum Gasteiger partial charge on any atom is 0.573 e. The summed E-state index contributed by atoms with van der Waals surface area (Å²) in [4.78, 5) is 0. The van der Waals surface area contributed by atoms with Crippen molar-refractivity contribution >= 4 is 12.4 Å². The number of halogens is 9. The molecule has 0 radical (unpaired) electrons. The maximum absolute atomic E-state index is 13.2. The van der Waals surface area contributed by atoms with E-state index in [1.54, 1.807) is 0 Å². The average Bonchev–Trinajstić information content (AvgIpc) is 2.34. The molecule has 0 saturated carbocycles. The highest BCUT2D eigenvalue weighted by Gasteiger charge is 2.62. The molecule has 134 valence electrons. The van der Waals surface area contributed by atoms with Crippen LogP contribution < -0.4 is 15.2 Å². The Kier molecular flexibility index (Phi) is 6.50. The van der Waals surface area contributed by atoms with Crippen LogP contribution in [0.1, 0.15) is 11.6 Å². The SMILES string of the molecule is COc1cc(OC(F)(F)F)ccc1[C@@H](N)C(F)(F)C(F)(F)F.Cl. The molecule has 0 unspecified atom stereocenters. The Bertz CT molecular complexity index is 532. The van der Waals surface area contributed by atoms with Crippen molar-refractivity contribution in [2.75, 3.05) is 7.11 Å². The van der Waals surface area contributed by atoms with E-state index in [-0.39, 0.29) is 12.4 Å². The van der Waals surface area contributed by atoms with Crippen LogP contribution in [0.3, 0.4) is 0 Å². The first-order valence-electron chi connectivity index (χ1n) is 5.43. The number of alkyl halides is 8. The summed E-state index contributed by atoms with van der Waals surface area (Å²) in [6.45, 7) is 0. The summed E-state index contributed by atoms with van der Waals surface area (Å²) < 4.78 is 107. The van der Waals surface area contributed by atoms with Gasteiger partial charge in [0.1, 0.15) is 17.5 Å². The zero-order valence-corrected chi connectivity index (χ0v) is 12.0.